The minimum atomic E-state index is -1.19. The van der Waals surface area contributed by atoms with Crippen molar-refractivity contribution in [1.29, 1.82) is 0 Å². The lowest BCUT2D eigenvalue weighted by Crippen LogP contribution is -2.48. The van der Waals surface area contributed by atoms with Crippen LogP contribution in [0.1, 0.15) is 26.2 Å². The smallest absolute Gasteiger partial charge is 0.305 e. The maximum atomic E-state index is 11.6. The molecule has 0 fully saturated rings. The molecule has 0 aliphatic carbocycles. The highest BCUT2D eigenvalue weighted by Gasteiger charge is 2.22. The Labute approximate surface area is 116 Å². The molecule has 2 atom stereocenters. The Morgan fingerprint density at radius 2 is 1.90 bits per heavy atom. The van der Waals surface area contributed by atoms with Crippen LogP contribution in [0.3, 0.4) is 0 Å². The normalized spacial score (nSPS) is 13.1. The molecule has 9 heteroatoms. The van der Waals surface area contributed by atoms with Crippen LogP contribution < -0.4 is 22.5 Å². The fourth-order valence-corrected chi connectivity index (χ4v) is 1.44. The minimum Gasteiger partial charge on any atom is -0.481 e. The van der Waals surface area contributed by atoms with Gasteiger partial charge in [-0.3, -0.25) is 19.4 Å². The summed E-state index contributed by atoms with van der Waals surface area (Å²) in [5.74, 6) is -2.14. The third-order valence-electron chi connectivity index (χ3n) is 2.48. The molecule has 0 saturated carbocycles. The summed E-state index contributed by atoms with van der Waals surface area (Å²) in [6, 6.07) is -1.91. The fraction of sp³-hybridized carbons (Fsp3) is 0.636. The second kappa shape index (κ2) is 8.86. The molecule has 0 saturated heterocycles. The highest BCUT2D eigenvalue weighted by Crippen LogP contribution is 2.01. The second-order valence-corrected chi connectivity index (χ2v) is 4.32. The Kier molecular flexibility index (Phi) is 7.90. The number of rotatable bonds is 9. The van der Waals surface area contributed by atoms with Crippen molar-refractivity contribution >= 4 is 23.6 Å². The molecular weight excluding hydrogens is 266 g/mol. The molecule has 9 nitrogen and oxygen atoms in total. The van der Waals surface area contributed by atoms with E-state index in [1.165, 1.54) is 6.92 Å². The zero-order chi connectivity index (χ0) is 15.7. The quantitative estimate of drug-likeness (QED) is 0.183. The summed E-state index contributed by atoms with van der Waals surface area (Å²) in [5, 5.41) is 11.0. The molecular formula is C11H21N5O4. The predicted molar refractivity (Wildman–Crippen MR) is 72.8 cm³/mol. The number of carbonyl (C=O) groups is 3. The van der Waals surface area contributed by atoms with Gasteiger partial charge in [0.05, 0.1) is 18.5 Å². The van der Waals surface area contributed by atoms with Crippen molar-refractivity contribution in [2.24, 2.45) is 22.2 Å². The SMILES string of the molecule is CC(=O)[C@H](CCCN=C(N)N)NC(=O)[C@@H](N)CC(=O)O. The number of ketones is 1. The van der Waals surface area contributed by atoms with Crippen LogP contribution >= 0.6 is 0 Å². The molecule has 0 aromatic carbocycles. The van der Waals surface area contributed by atoms with Gasteiger partial charge in [0.1, 0.15) is 0 Å². The van der Waals surface area contributed by atoms with Gasteiger partial charge in [0, 0.05) is 6.54 Å². The molecule has 0 aliphatic heterocycles. The fourth-order valence-electron chi connectivity index (χ4n) is 1.44. The number of nitrogens with one attached hydrogen (secondary N) is 1. The van der Waals surface area contributed by atoms with E-state index in [4.69, 9.17) is 22.3 Å². The van der Waals surface area contributed by atoms with Crippen molar-refractivity contribution in [2.75, 3.05) is 6.54 Å². The minimum absolute atomic E-state index is 0.0445. The lowest BCUT2D eigenvalue weighted by atomic mass is 10.1. The van der Waals surface area contributed by atoms with Crippen LogP contribution in [0.5, 0.6) is 0 Å². The molecule has 0 spiro atoms. The van der Waals surface area contributed by atoms with Crippen LogP contribution in [0.15, 0.2) is 4.99 Å². The van der Waals surface area contributed by atoms with Gasteiger partial charge in [-0.2, -0.15) is 0 Å². The Balaban J connectivity index is 4.33. The van der Waals surface area contributed by atoms with Crippen LogP contribution in [0.4, 0.5) is 0 Å². The van der Waals surface area contributed by atoms with Crippen LogP contribution in [0.25, 0.3) is 0 Å². The molecule has 0 heterocycles. The van der Waals surface area contributed by atoms with Gasteiger partial charge in [-0.05, 0) is 19.8 Å². The van der Waals surface area contributed by atoms with Crippen LogP contribution in [-0.2, 0) is 14.4 Å². The molecule has 20 heavy (non-hydrogen) atoms. The average molecular weight is 287 g/mol. The molecule has 0 aromatic rings. The summed E-state index contributed by atoms with van der Waals surface area (Å²) in [4.78, 5) is 37.2. The van der Waals surface area contributed by atoms with Gasteiger partial charge in [-0.25, -0.2) is 0 Å². The number of carboxylic acid groups (broad SMARTS) is 1. The molecule has 8 N–H and O–H groups in total. The summed E-state index contributed by atoms with van der Waals surface area (Å²) in [6.07, 6.45) is 0.346. The first-order chi connectivity index (χ1) is 9.23. The number of nitrogens with zero attached hydrogens (tertiary/aromatic N) is 1. The molecule has 114 valence electrons. The van der Waals surface area contributed by atoms with E-state index >= 15 is 0 Å². The second-order valence-electron chi connectivity index (χ2n) is 4.32. The average Bonchev–Trinajstić information content (AvgIpc) is 2.31. The van der Waals surface area contributed by atoms with Gasteiger partial charge in [0.2, 0.25) is 5.91 Å². The number of carboxylic acids is 1. The first kappa shape index (κ1) is 17.8. The number of guanidine groups is 1. The van der Waals surface area contributed by atoms with Crippen molar-refractivity contribution in [3.63, 3.8) is 0 Å². The number of carbonyl (C=O) groups excluding carboxylic acids is 2. The maximum Gasteiger partial charge on any atom is 0.305 e. The van der Waals surface area contributed by atoms with E-state index in [9.17, 15) is 14.4 Å². The van der Waals surface area contributed by atoms with Gasteiger partial charge in [-0.15, -0.1) is 0 Å². The number of Topliss-reactive ketones (excluding diaryl/α,β-unsaturated/α-hetero) is 1. The highest BCUT2D eigenvalue weighted by molar-refractivity contribution is 5.91. The monoisotopic (exact) mass is 287 g/mol. The van der Waals surface area contributed by atoms with Crippen molar-refractivity contribution < 1.29 is 19.5 Å². The van der Waals surface area contributed by atoms with Gasteiger partial charge < -0.3 is 27.6 Å². The van der Waals surface area contributed by atoms with Crippen LogP contribution in [0, 0.1) is 0 Å². The summed E-state index contributed by atoms with van der Waals surface area (Å²) < 4.78 is 0. The Morgan fingerprint density at radius 1 is 1.30 bits per heavy atom. The van der Waals surface area contributed by atoms with Gasteiger partial charge in [0.25, 0.3) is 0 Å². The van der Waals surface area contributed by atoms with Crippen LogP contribution in [-0.4, -0.2) is 47.4 Å². The number of aliphatic imine (C=N–C) groups is 1. The summed E-state index contributed by atoms with van der Waals surface area (Å²) >= 11 is 0. The molecule has 0 aromatic heterocycles. The topological polar surface area (TPSA) is 174 Å². The Morgan fingerprint density at radius 3 is 2.35 bits per heavy atom. The molecule has 0 aliphatic rings. The largest absolute Gasteiger partial charge is 0.481 e. The number of amides is 1. The van der Waals surface area contributed by atoms with E-state index in [1.54, 1.807) is 0 Å². The zero-order valence-corrected chi connectivity index (χ0v) is 11.3. The van der Waals surface area contributed by atoms with Gasteiger partial charge >= 0.3 is 5.97 Å². The van der Waals surface area contributed by atoms with Gasteiger partial charge in [0.15, 0.2) is 11.7 Å². The number of aliphatic carboxylic acids is 1. The van der Waals surface area contributed by atoms with E-state index in [-0.39, 0.29) is 11.7 Å². The zero-order valence-electron chi connectivity index (χ0n) is 11.3. The summed E-state index contributed by atoms with van der Waals surface area (Å²) in [7, 11) is 0. The molecule has 0 radical (unpaired) electrons. The van der Waals surface area contributed by atoms with Crippen molar-refractivity contribution in [1.82, 2.24) is 5.32 Å². The lowest BCUT2D eigenvalue weighted by molar-refractivity contribution is -0.139. The third kappa shape index (κ3) is 8.03. The van der Waals surface area contributed by atoms with Crippen molar-refractivity contribution in [3.05, 3.63) is 0 Å². The lowest BCUT2D eigenvalue weighted by Gasteiger charge is -2.17. The summed E-state index contributed by atoms with van der Waals surface area (Å²) in [5.41, 5.74) is 15.7. The van der Waals surface area contributed by atoms with Crippen molar-refractivity contribution in [3.8, 4) is 0 Å². The first-order valence-electron chi connectivity index (χ1n) is 6.07. The standard InChI is InChI=1S/C11H21N5O4/c1-6(17)8(3-2-4-15-11(13)14)16-10(20)7(12)5-9(18)19/h7-8H,2-5,12H2,1H3,(H,16,20)(H,18,19)(H4,13,14,15)/t7-,8-/m0/s1. The number of hydrogen-bond acceptors (Lipinski definition) is 5. The molecule has 0 bridgehead atoms. The van der Waals surface area contributed by atoms with E-state index < -0.39 is 30.4 Å². The predicted octanol–water partition coefficient (Wildman–Crippen LogP) is -2.08. The Bertz CT molecular complexity index is 392. The van der Waals surface area contributed by atoms with Crippen molar-refractivity contribution in [2.45, 2.75) is 38.3 Å². The number of nitrogens with two attached hydrogens (primary N) is 3. The van der Waals surface area contributed by atoms with E-state index in [2.05, 4.69) is 10.3 Å². The van der Waals surface area contributed by atoms with E-state index in [0.29, 0.717) is 19.4 Å². The molecule has 0 unspecified atom stereocenters. The van der Waals surface area contributed by atoms with E-state index in [0.717, 1.165) is 0 Å². The van der Waals surface area contributed by atoms with Crippen LogP contribution in [0.2, 0.25) is 0 Å². The third-order valence-corrected chi connectivity index (χ3v) is 2.48. The highest BCUT2D eigenvalue weighted by atomic mass is 16.4. The number of hydrogen-bond donors (Lipinski definition) is 5. The summed E-state index contributed by atoms with van der Waals surface area (Å²) in [6.45, 7) is 1.66. The Hall–Kier alpha value is -2.16. The van der Waals surface area contributed by atoms with Gasteiger partial charge in [-0.1, -0.05) is 0 Å². The maximum absolute atomic E-state index is 11.6. The molecule has 0 rings (SSSR count). The first-order valence-corrected chi connectivity index (χ1v) is 6.07. The van der Waals surface area contributed by atoms with E-state index in [1.807, 2.05) is 0 Å². The molecule has 1 amide bonds.